The van der Waals surface area contributed by atoms with Gasteiger partial charge in [-0.15, -0.1) is 0 Å². The molecule has 0 fully saturated rings. The standard InChI is InChI=1S/C17H24ClN3/c1-3-9-19-16(13-14-5-7-15(18)8-6-14)17-20-10-12-21(17)11-4-2/h5-8,10,12,16,19H,3-4,9,11,13H2,1-2H3. The second kappa shape index (κ2) is 8.20. The summed E-state index contributed by atoms with van der Waals surface area (Å²) in [5.74, 6) is 1.13. The number of nitrogens with zero attached hydrogens (tertiary/aromatic N) is 2. The summed E-state index contributed by atoms with van der Waals surface area (Å²) in [6, 6.07) is 8.33. The topological polar surface area (TPSA) is 29.9 Å². The summed E-state index contributed by atoms with van der Waals surface area (Å²) in [5.41, 5.74) is 1.28. The molecule has 0 amide bonds. The van der Waals surface area contributed by atoms with Crippen molar-refractivity contribution >= 4 is 11.6 Å². The average molecular weight is 306 g/mol. The summed E-state index contributed by atoms with van der Waals surface area (Å²) in [6.45, 7) is 6.39. The van der Waals surface area contributed by atoms with Crippen LogP contribution in [0.15, 0.2) is 36.7 Å². The Morgan fingerprint density at radius 2 is 1.95 bits per heavy atom. The van der Waals surface area contributed by atoms with Crippen LogP contribution in [0.2, 0.25) is 5.02 Å². The van der Waals surface area contributed by atoms with E-state index in [0.717, 1.165) is 43.2 Å². The molecular weight excluding hydrogens is 282 g/mol. The number of hydrogen-bond acceptors (Lipinski definition) is 2. The van der Waals surface area contributed by atoms with Gasteiger partial charge in [-0.25, -0.2) is 4.98 Å². The van der Waals surface area contributed by atoms with Gasteiger partial charge in [0.2, 0.25) is 0 Å². The summed E-state index contributed by atoms with van der Waals surface area (Å²) < 4.78 is 2.25. The minimum absolute atomic E-state index is 0.243. The van der Waals surface area contributed by atoms with Gasteiger partial charge in [0, 0.05) is 24.0 Å². The van der Waals surface area contributed by atoms with E-state index in [4.69, 9.17) is 11.6 Å². The van der Waals surface area contributed by atoms with Crippen molar-refractivity contribution in [2.24, 2.45) is 0 Å². The molecule has 0 radical (unpaired) electrons. The largest absolute Gasteiger partial charge is 0.334 e. The van der Waals surface area contributed by atoms with Gasteiger partial charge in [-0.05, 0) is 43.5 Å². The van der Waals surface area contributed by atoms with Gasteiger partial charge in [0.25, 0.3) is 0 Å². The fourth-order valence-corrected chi connectivity index (χ4v) is 2.62. The lowest BCUT2D eigenvalue weighted by molar-refractivity contribution is 0.476. The van der Waals surface area contributed by atoms with Crippen molar-refractivity contribution in [3.05, 3.63) is 53.1 Å². The molecule has 3 nitrogen and oxygen atoms in total. The summed E-state index contributed by atoms with van der Waals surface area (Å²) in [4.78, 5) is 4.58. The fourth-order valence-electron chi connectivity index (χ4n) is 2.49. The summed E-state index contributed by atoms with van der Waals surface area (Å²) in [5, 5.41) is 4.40. The first-order chi connectivity index (χ1) is 10.2. The molecule has 1 heterocycles. The van der Waals surface area contributed by atoms with Gasteiger partial charge in [-0.2, -0.15) is 0 Å². The number of hydrogen-bond donors (Lipinski definition) is 1. The first-order valence-corrected chi connectivity index (χ1v) is 8.11. The van der Waals surface area contributed by atoms with E-state index in [0.29, 0.717) is 0 Å². The smallest absolute Gasteiger partial charge is 0.126 e. The highest BCUT2D eigenvalue weighted by atomic mass is 35.5. The Kier molecular flexibility index (Phi) is 6.27. The molecule has 0 bridgehead atoms. The highest BCUT2D eigenvalue weighted by Gasteiger charge is 2.16. The van der Waals surface area contributed by atoms with Gasteiger partial charge in [-0.1, -0.05) is 37.6 Å². The van der Waals surface area contributed by atoms with Crippen LogP contribution in [0.3, 0.4) is 0 Å². The van der Waals surface area contributed by atoms with E-state index in [9.17, 15) is 0 Å². The van der Waals surface area contributed by atoms with Crippen LogP contribution in [0, 0.1) is 0 Å². The Labute approximate surface area is 132 Å². The Morgan fingerprint density at radius 3 is 2.62 bits per heavy atom. The summed E-state index contributed by atoms with van der Waals surface area (Å²) in [7, 11) is 0. The Balaban J connectivity index is 2.16. The van der Waals surface area contributed by atoms with E-state index in [1.165, 1.54) is 5.56 Å². The van der Waals surface area contributed by atoms with Crippen molar-refractivity contribution in [2.45, 2.75) is 45.7 Å². The van der Waals surface area contributed by atoms with Gasteiger partial charge in [-0.3, -0.25) is 0 Å². The quantitative estimate of drug-likeness (QED) is 0.791. The minimum atomic E-state index is 0.243. The second-order valence-corrected chi connectivity index (χ2v) is 5.75. The zero-order valence-electron chi connectivity index (χ0n) is 12.8. The van der Waals surface area contributed by atoms with Gasteiger partial charge >= 0.3 is 0 Å². The highest BCUT2D eigenvalue weighted by molar-refractivity contribution is 6.30. The molecule has 1 aromatic carbocycles. The molecule has 1 aromatic heterocycles. The van der Waals surface area contributed by atoms with E-state index in [-0.39, 0.29) is 6.04 Å². The molecule has 21 heavy (non-hydrogen) atoms. The van der Waals surface area contributed by atoms with Gasteiger partial charge in [0.1, 0.15) is 5.82 Å². The molecule has 0 aliphatic rings. The zero-order chi connectivity index (χ0) is 15.1. The van der Waals surface area contributed by atoms with Crippen molar-refractivity contribution < 1.29 is 0 Å². The molecule has 0 spiro atoms. The average Bonchev–Trinajstić information content (AvgIpc) is 2.94. The van der Waals surface area contributed by atoms with Crippen LogP contribution in [0.4, 0.5) is 0 Å². The molecule has 0 saturated heterocycles. The lowest BCUT2D eigenvalue weighted by Gasteiger charge is -2.20. The number of aromatic nitrogens is 2. The normalized spacial score (nSPS) is 12.5. The van der Waals surface area contributed by atoms with Crippen molar-refractivity contribution in [3.63, 3.8) is 0 Å². The van der Waals surface area contributed by atoms with Crippen LogP contribution in [-0.4, -0.2) is 16.1 Å². The Bertz CT molecular complexity index is 533. The molecule has 4 heteroatoms. The predicted molar refractivity (Wildman–Crippen MR) is 88.7 cm³/mol. The lowest BCUT2D eigenvalue weighted by atomic mass is 10.0. The van der Waals surface area contributed by atoms with Crippen LogP contribution in [0.5, 0.6) is 0 Å². The summed E-state index contributed by atoms with van der Waals surface area (Å²) >= 11 is 5.97. The molecule has 1 atom stereocenters. The molecule has 1 N–H and O–H groups in total. The number of halogens is 1. The molecule has 2 aromatic rings. The SMILES string of the molecule is CCCNC(Cc1ccc(Cl)cc1)c1nccn1CCC. The van der Waals surface area contributed by atoms with Gasteiger partial charge in [0.05, 0.1) is 6.04 Å². The molecule has 114 valence electrons. The first-order valence-electron chi connectivity index (χ1n) is 7.73. The van der Waals surface area contributed by atoms with Crippen LogP contribution in [-0.2, 0) is 13.0 Å². The van der Waals surface area contributed by atoms with Crippen molar-refractivity contribution in [1.29, 1.82) is 0 Å². The summed E-state index contributed by atoms with van der Waals surface area (Å²) in [6.07, 6.45) is 7.13. The van der Waals surface area contributed by atoms with E-state index < -0.39 is 0 Å². The van der Waals surface area contributed by atoms with Crippen molar-refractivity contribution in [1.82, 2.24) is 14.9 Å². The monoisotopic (exact) mass is 305 g/mol. The van der Waals surface area contributed by atoms with Crippen molar-refractivity contribution in [3.8, 4) is 0 Å². The maximum atomic E-state index is 5.97. The van der Waals surface area contributed by atoms with Crippen LogP contribution in [0.25, 0.3) is 0 Å². The minimum Gasteiger partial charge on any atom is -0.334 e. The van der Waals surface area contributed by atoms with Crippen LogP contribution in [0.1, 0.15) is 44.1 Å². The van der Waals surface area contributed by atoms with Crippen molar-refractivity contribution in [2.75, 3.05) is 6.54 Å². The number of rotatable bonds is 8. The number of nitrogens with one attached hydrogen (secondary N) is 1. The van der Waals surface area contributed by atoms with Gasteiger partial charge in [0.15, 0.2) is 0 Å². The lowest BCUT2D eigenvalue weighted by Crippen LogP contribution is -2.27. The zero-order valence-corrected chi connectivity index (χ0v) is 13.6. The first kappa shape index (κ1) is 16.1. The highest BCUT2D eigenvalue weighted by Crippen LogP contribution is 2.19. The van der Waals surface area contributed by atoms with Gasteiger partial charge < -0.3 is 9.88 Å². The van der Waals surface area contributed by atoms with Crippen LogP contribution >= 0.6 is 11.6 Å². The Morgan fingerprint density at radius 1 is 1.19 bits per heavy atom. The molecule has 0 saturated carbocycles. The van der Waals surface area contributed by atoms with E-state index in [2.05, 4.69) is 47.0 Å². The maximum absolute atomic E-state index is 5.97. The Hall–Kier alpha value is -1.32. The van der Waals surface area contributed by atoms with E-state index in [1.807, 2.05) is 18.3 Å². The molecule has 0 aliphatic carbocycles. The molecular formula is C17H24ClN3. The third kappa shape index (κ3) is 4.58. The van der Waals surface area contributed by atoms with E-state index >= 15 is 0 Å². The maximum Gasteiger partial charge on any atom is 0.126 e. The second-order valence-electron chi connectivity index (χ2n) is 5.32. The van der Waals surface area contributed by atoms with E-state index in [1.54, 1.807) is 0 Å². The molecule has 1 unspecified atom stereocenters. The fraction of sp³-hybridized carbons (Fsp3) is 0.471. The molecule has 0 aliphatic heterocycles. The number of imidazole rings is 1. The third-order valence-electron chi connectivity index (χ3n) is 3.52. The van der Waals surface area contributed by atoms with Crippen LogP contribution < -0.4 is 5.32 Å². The number of aryl methyl sites for hydroxylation is 1. The molecule has 2 rings (SSSR count). The predicted octanol–water partition coefficient (Wildman–Crippen LogP) is 4.23. The number of benzene rings is 1. The third-order valence-corrected chi connectivity index (χ3v) is 3.77.